The van der Waals surface area contributed by atoms with Gasteiger partial charge in [-0.05, 0) is 56.7 Å². The van der Waals surface area contributed by atoms with Gasteiger partial charge in [0.05, 0.1) is 18.2 Å². The largest absolute Gasteiger partial charge is 0.492 e. The Morgan fingerprint density at radius 1 is 1.19 bits per heavy atom. The molecule has 0 bridgehead atoms. The van der Waals surface area contributed by atoms with Crippen LogP contribution in [0.15, 0.2) is 18.2 Å². The Morgan fingerprint density at radius 3 is 2.54 bits per heavy atom. The summed E-state index contributed by atoms with van der Waals surface area (Å²) in [5.41, 5.74) is 1.12. The Hall–Kier alpha value is -1.55. The molecule has 0 aliphatic heterocycles. The van der Waals surface area contributed by atoms with Crippen molar-refractivity contribution in [2.24, 2.45) is 11.8 Å². The Balaban J connectivity index is 1.99. The van der Waals surface area contributed by atoms with Crippen LogP contribution in [0.1, 0.15) is 69.2 Å². The van der Waals surface area contributed by atoms with Crippen LogP contribution in [0.25, 0.3) is 0 Å². The first-order chi connectivity index (χ1) is 12.6. The van der Waals surface area contributed by atoms with Gasteiger partial charge in [0, 0.05) is 11.5 Å². The number of hydrogen-bond acceptors (Lipinski definition) is 3. The minimum Gasteiger partial charge on any atom is -0.492 e. The summed E-state index contributed by atoms with van der Waals surface area (Å²) in [4.78, 5) is 24.4. The highest BCUT2D eigenvalue weighted by Crippen LogP contribution is 2.34. The summed E-state index contributed by atoms with van der Waals surface area (Å²) < 4.78 is 5.61. The molecule has 1 aromatic rings. The number of hydrogen-bond donors (Lipinski definition) is 1. The van der Waals surface area contributed by atoms with E-state index in [1.165, 1.54) is 19.3 Å². The van der Waals surface area contributed by atoms with Gasteiger partial charge >= 0.3 is 0 Å². The maximum atomic E-state index is 12.7. The molecule has 0 radical (unpaired) electrons. The summed E-state index contributed by atoms with van der Waals surface area (Å²) in [5, 5.41) is 3.00. The number of rotatable bonds is 9. The Bertz CT molecular complexity index is 609. The average Bonchev–Trinajstić information content (AvgIpc) is 2.67. The second-order valence-electron chi connectivity index (χ2n) is 7.05. The van der Waals surface area contributed by atoms with Crippen LogP contribution in [0, 0.1) is 11.8 Å². The number of ether oxygens (including phenoxy) is 1. The number of benzene rings is 1. The van der Waals surface area contributed by atoms with Crippen molar-refractivity contribution < 1.29 is 14.3 Å². The van der Waals surface area contributed by atoms with Gasteiger partial charge in [0.15, 0.2) is 5.78 Å². The monoisotopic (exact) mass is 379 g/mol. The third kappa shape index (κ3) is 5.73. The van der Waals surface area contributed by atoms with Crippen LogP contribution >= 0.6 is 11.6 Å². The smallest absolute Gasteiger partial charge is 0.227 e. The highest BCUT2D eigenvalue weighted by atomic mass is 35.5. The molecule has 144 valence electrons. The molecule has 1 N–H and O–H groups in total. The molecule has 0 aromatic heterocycles. The Morgan fingerprint density at radius 2 is 1.92 bits per heavy atom. The fourth-order valence-electron chi connectivity index (χ4n) is 3.59. The van der Waals surface area contributed by atoms with Crippen molar-refractivity contribution in [1.29, 1.82) is 0 Å². The summed E-state index contributed by atoms with van der Waals surface area (Å²) >= 11 is 5.62. The van der Waals surface area contributed by atoms with Gasteiger partial charge in [-0.1, -0.05) is 26.2 Å². The van der Waals surface area contributed by atoms with E-state index in [1.54, 1.807) is 18.2 Å². The SMILES string of the molecule is CCCCC1CCC(C(=O)Nc2ccc(C(=O)CCl)cc2OCC)CC1. The number of halogens is 1. The molecule has 0 spiro atoms. The summed E-state index contributed by atoms with van der Waals surface area (Å²) in [6, 6.07) is 5.07. The summed E-state index contributed by atoms with van der Waals surface area (Å²) in [7, 11) is 0. The van der Waals surface area contributed by atoms with E-state index in [4.69, 9.17) is 16.3 Å². The second kappa shape index (κ2) is 10.6. The van der Waals surface area contributed by atoms with Crippen LogP contribution in [0.4, 0.5) is 5.69 Å². The molecule has 5 heteroatoms. The zero-order valence-electron chi connectivity index (χ0n) is 15.9. The van der Waals surface area contributed by atoms with E-state index in [9.17, 15) is 9.59 Å². The lowest BCUT2D eigenvalue weighted by molar-refractivity contribution is -0.121. The van der Waals surface area contributed by atoms with Crippen LogP contribution in [0.5, 0.6) is 5.75 Å². The lowest BCUT2D eigenvalue weighted by Crippen LogP contribution is -2.27. The van der Waals surface area contributed by atoms with Crippen LogP contribution in [0.2, 0.25) is 0 Å². The number of Topliss-reactive ketones (excluding diaryl/α,β-unsaturated/α-hetero) is 1. The lowest BCUT2D eigenvalue weighted by atomic mass is 9.79. The van der Waals surface area contributed by atoms with Crippen molar-refractivity contribution in [3.05, 3.63) is 23.8 Å². The van der Waals surface area contributed by atoms with Gasteiger partial charge in [0.2, 0.25) is 5.91 Å². The van der Waals surface area contributed by atoms with Gasteiger partial charge < -0.3 is 10.1 Å². The summed E-state index contributed by atoms with van der Waals surface area (Å²) in [6.45, 7) is 4.56. The van der Waals surface area contributed by atoms with Crippen molar-refractivity contribution in [3.8, 4) is 5.75 Å². The van der Waals surface area contributed by atoms with Crippen molar-refractivity contribution in [2.45, 2.75) is 58.8 Å². The molecular formula is C21H30ClNO3. The molecule has 0 atom stereocenters. The number of carbonyl (C=O) groups is 2. The highest BCUT2D eigenvalue weighted by molar-refractivity contribution is 6.30. The van der Waals surface area contributed by atoms with Crippen molar-refractivity contribution in [3.63, 3.8) is 0 Å². The topological polar surface area (TPSA) is 55.4 Å². The van der Waals surface area contributed by atoms with E-state index in [2.05, 4.69) is 12.2 Å². The standard InChI is InChI=1S/C21H30ClNO3/c1-3-5-6-15-7-9-16(10-8-15)21(25)23-18-12-11-17(19(24)14-22)13-20(18)26-4-2/h11-13,15-16H,3-10,14H2,1-2H3,(H,23,25). The third-order valence-corrected chi connectivity index (χ3v) is 5.41. The molecule has 1 saturated carbocycles. The third-order valence-electron chi connectivity index (χ3n) is 5.17. The molecule has 1 aliphatic rings. The molecular weight excluding hydrogens is 350 g/mol. The van der Waals surface area contributed by atoms with Gasteiger partial charge in [-0.3, -0.25) is 9.59 Å². The van der Waals surface area contributed by atoms with Gasteiger partial charge in [-0.15, -0.1) is 11.6 Å². The predicted molar refractivity (Wildman–Crippen MR) is 106 cm³/mol. The van der Waals surface area contributed by atoms with E-state index in [0.29, 0.717) is 23.6 Å². The van der Waals surface area contributed by atoms with E-state index in [-0.39, 0.29) is 23.5 Å². The predicted octanol–water partition coefficient (Wildman–Crippen LogP) is 5.44. The van der Waals surface area contributed by atoms with Gasteiger partial charge in [0.25, 0.3) is 0 Å². The first-order valence-electron chi connectivity index (χ1n) is 9.75. The zero-order chi connectivity index (χ0) is 18.9. The van der Waals surface area contributed by atoms with Crippen molar-refractivity contribution in [1.82, 2.24) is 0 Å². The molecule has 2 rings (SSSR count). The van der Waals surface area contributed by atoms with Gasteiger partial charge in [0.1, 0.15) is 5.75 Å². The van der Waals surface area contributed by atoms with E-state index >= 15 is 0 Å². The van der Waals surface area contributed by atoms with Crippen LogP contribution in [0.3, 0.4) is 0 Å². The molecule has 1 aromatic carbocycles. The molecule has 0 heterocycles. The van der Waals surface area contributed by atoms with Gasteiger partial charge in [-0.2, -0.15) is 0 Å². The number of amides is 1. The Kier molecular flexibility index (Phi) is 8.43. The zero-order valence-corrected chi connectivity index (χ0v) is 16.6. The van der Waals surface area contributed by atoms with Crippen molar-refractivity contribution in [2.75, 3.05) is 17.8 Å². The maximum Gasteiger partial charge on any atom is 0.227 e. The molecule has 1 amide bonds. The first-order valence-corrected chi connectivity index (χ1v) is 10.3. The van der Waals surface area contributed by atoms with Crippen molar-refractivity contribution >= 4 is 29.0 Å². The average molecular weight is 380 g/mol. The van der Waals surface area contributed by atoms with E-state index < -0.39 is 0 Å². The highest BCUT2D eigenvalue weighted by Gasteiger charge is 2.26. The van der Waals surface area contributed by atoms with Gasteiger partial charge in [-0.25, -0.2) is 0 Å². The summed E-state index contributed by atoms with van der Waals surface area (Å²) in [6.07, 6.45) is 7.99. The molecule has 0 unspecified atom stereocenters. The Labute approximate surface area is 161 Å². The normalized spacial score (nSPS) is 19.8. The van der Waals surface area contributed by atoms with E-state index in [1.807, 2.05) is 6.92 Å². The molecule has 1 fully saturated rings. The molecule has 0 saturated heterocycles. The van der Waals surface area contributed by atoms with Crippen LogP contribution in [-0.4, -0.2) is 24.2 Å². The molecule has 1 aliphatic carbocycles. The number of carbonyl (C=O) groups excluding carboxylic acids is 2. The number of nitrogens with one attached hydrogen (secondary N) is 1. The van der Waals surface area contributed by atoms with Crippen LogP contribution < -0.4 is 10.1 Å². The fraction of sp³-hybridized carbons (Fsp3) is 0.619. The minimum atomic E-state index is -0.157. The van der Waals surface area contributed by atoms with Crippen LogP contribution in [-0.2, 0) is 4.79 Å². The number of ketones is 1. The first kappa shape index (κ1) is 20.8. The maximum absolute atomic E-state index is 12.7. The lowest BCUT2D eigenvalue weighted by Gasteiger charge is -2.28. The number of unbranched alkanes of at least 4 members (excludes halogenated alkanes) is 1. The number of anilines is 1. The number of alkyl halides is 1. The molecule has 26 heavy (non-hydrogen) atoms. The fourth-order valence-corrected chi connectivity index (χ4v) is 3.75. The second-order valence-corrected chi connectivity index (χ2v) is 7.32. The summed E-state index contributed by atoms with van der Waals surface area (Å²) in [5.74, 6) is 1.18. The quantitative estimate of drug-likeness (QED) is 0.459. The molecule has 4 nitrogen and oxygen atoms in total. The minimum absolute atomic E-state index is 0.0521. The van der Waals surface area contributed by atoms with E-state index in [0.717, 1.165) is 31.6 Å².